The predicted molar refractivity (Wildman–Crippen MR) is 135 cm³/mol. The average molecular weight is 554 g/mol. The van der Waals surface area contributed by atoms with Gasteiger partial charge in [0.05, 0.1) is 22.0 Å². The number of nitrogens with zero attached hydrogens (tertiary/aromatic N) is 3. The summed E-state index contributed by atoms with van der Waals surface area (Å²) in [5.41, 5.74) is 1.13. The van der Waals surface area contributed by atoms with Gasteiger partial charge in [0.25, 0.3) is 5.91 Å². The molecule has 35 heavy (non-hydrogen) atoms. The number of carbonyl (C=O) groups is 1. The number of amides is 1. The lowest BCUT2D eigenvalue weighted by molar-refractivity contribution is 0.0920. The fourth-order valence-corrected chi connectivity index (χ4v) is 5.03. The van der Waals surface area contributed by atoms with E-state index in [0.717, 1.165) is 22.5 Å². The Hall–Kier alpha value is -2.79. The van der Waals surface area contributed by atoms with Crippen LogP contribution in [0.5, 0.6) is 5.88 Å². The van der Waals surface area contributed by atoms with Crippen LogP contribution >= 0.6 is 34.7 Å². The van der Waals surface area contributed by atoms with Crippen molar-refractivity contribution in [2.75, 3.05) is 6.26 Å². The molecule has 0 radical (unpaired) electrons. The zero-order valence-electron chi connectivity index (χ0n) is 18.6. The van der Waals surface area contributed by atoms with Crippen LogP contribution in [-0.4, -0.2) is 34.4 Å². The highest BCUT2D eigenvalue weighted by atomic mass is 35.5. The second kappa shape index (κ2) is 9.69. The van der Waals surface area contributed by atoms with Gasteiger partial charge in [-0.2, -0.15) is 0 Å². The minimum atomic E-state index is -4.14. The Morgan fingerprint density at radius 3 is 2.69 bits per heavy atom. The molecule has 0 aliphatic heterocycles. The highest BCUT2D eigenvalue weighted by Gasteiger charge is 2.30. The molecule has 0 unspecified atom stereocenters. The van der Waals surface area contributed by atoms with Crippen molar-refractivity contribution in [2.24, 2.45) is 0 Å². The summed E-state index contributed by atoms with van der Waals surface area (Å²) >= 11 is 13.2. The van der Waals surface area contributed by atoms with E-state index in [2.05, 4.69) is 9.97 Å². The highest BCUT2D eigenvalue weighted by molar-refractivity contribution is 7.89. The normalized spacial score (nSPS) is 12.5. The van der Waals surface area contributed by atoms with E-state index in [4.69, 9.17) is 28.1 Å². The molecular weight excluding hydrogens is 536 g/mol. The fraction of sp³-hybridized carbons (Fsp3) is 0.174. The second-order valence-corrected chi connectivity index (χ2v) is 11.5. The molecule has 0 spiro atoms. The summed E-state index contributed by atoms with van der Waals surface area (Å²) < 4.78 is 45.7. The molecule has 2 aromatic heterocycles. The van der Waals surface area contributed by atoms with Crippen LogP contribution in [-0.2, 0) is 10.0 Å². The first-order valence-electron chi connectivity index (χ1n) is 10.1. The molecule has 12 heteroatoms. The van der Waals surface area contributed by atoms with Gasteiger partial charge in [-0.05, 0) is 55.8 Å². The van der Waals surface area contributed by atoms with Crippen LogP contribution in [0.2, 0.25) is 5.02 Å². The SMILES string of the molecule is Cc1ccc(F)c(C(=O)N(Cl)S(C)(=O)=O)c1-c1cccnc1O[C@@H](C)c1nc2cc(Cl)ccc2s1. The molecule has 0 saturated carbocycles. The van der Waals surface area contributed by atoms with Gasteiger partial charge in [-0.3, -0.25) is 4.79 Å². The number of halogens is 3. The molecular formula is C23H18Cl2FN3O4S2. The van der Waals surface area contributed by atoms with Crippen LogP contribution in [0.25, 0.3) is 21.3 Å². The molecule has 0 fully saturated rings. The molecule has 1 amide bonds. The van der Waals surface area contributed by atoms with Crippen molar-refractivity contribution in [1.82, 2.24) is 13.8 Å². The second-order valence-electron chi connectivity index (χ2n) is 7.68. The van der Waals surface area contributed by atoms with Gasteiger partial charge in [0.2, 0.25) is 15.9 Å². The standard InChI is InChI=1S/C23H18Cl2FN3O4S2/c1-12-6-8-16(26)20(23(30)29(25)35(3,31)32)19(12)15-5-4-10-27-21(15)33-13(2)22-28-17-11-14(24)7-9-18(17)34-22/h4-11,13H,1-3H3/t13-/m0/s1. The Kier molecular flexibility index (Phi) is 7.01. The number of pyridine rings is 1. The molecule has 4 aromatic rings. The number of hydrogen-bond acceptors (Lipinski definition) is 7. The van der Waals surface area contributed by atoms with E-state index in [-0.39, 0.29) is 15.3 Å². The van der Waals surface area contributed by atoms with Gasteiger partial charge in [-0.25, -0.2) is 22.8 Å². The summed E-state index contributed by atoms with van der Waals surface area (Å²) in [5.74, 6) is -2.05. The molecule has 182 valence electrons. The first-order valence-corrected chi connectivity index (χ1v) is 13.5. The Balaban J connectivity index is 1.79. The smallest absolute Gasteiger partial charge is 0.286 e. The van der Waals surface area contributed by atoms with Crippen LogP contribution in [0, 0.1) is 12.7 Å². The summed E-state index contributed by atoms with van der Waals surface area (Å²) in [6, 6.07) is 11.1. The molecule has 2 heterocycles. The van der Waals surface area contributed by atoms with Gasteiger partial charge in [0.15, 0.2) is 0 Å². The molecule has 7 nitrogen and oxygen atoms in total. The quantitative estimate of drug-likeness (QED) is 0.266. The third-order valence-corrected chi connectivity index (χ3v) is 8.16. The van der Waals surface area contributed by atoms with Crippen molar-refractivity contribution in [2.45, 2.75) is 20.0 Å². The van der Waals surface area contributed by atoms with E-state index in [0.29, 0.717) is 21.2 Å². The van der Waals surface area contributed by atoms with Crippen molar-refractivity contribution in [3.8, 4) is 17.0 Å². The van der Waals surface area contributed by atoms with Crippen molar-refractivity contribution in [1.29, 1.82) is 0 Å². The summed E-state index contributed by atoms with van der Waals surface area (Å²) in [6.45, 7) is 3.44. The number of aryl methyl sites for hydroxylation is 1. The van der Waals surface area contributed by atoms with E-state index in [1.165, 1.54) is 23.6 Å². The van der Waals surface area contributed by atoms with Crippen LogP contribution < -0.4 is 4.74 Å². The van der Waals surface area contributed by atoms with Gasteiger partial charge < -0.3 is 4.74 Å². The summed E-state index contributed by atoms with van der Waals surface area (Å²) in [4.78, 5) is 21.8. The number of thiazole rings is 1. The Bertz CT molecular complexity index is 1560. The Morgan fingerprint density at radius 1 is 1.23 bits per heavy atom. The molecule has 1 atom stereocenters. The third-order valence-electron chi connectivity index (χ3n) is 5.07. The lowest BCUT2D eigenvalue weighted by Gasteiger charge is -2.19. The molecule has 0 bridgehead atoms. The molecule has 2 aromatic carbocycles. The number of carbonyl (C=O) groups excluding carboxylic acids is 1. The molecule has 0 aliphatic rings. The van der Waals surface area contributed by atoms with Crippen LogP contribution in [0.1, 0.15) is 34.0 Å². The maximum Gasteiger partial charge on any atom is 0.286 e. The van der Waals surface area contributed by atoms with E-state index in [1.54, 1.807) is 38.1 Å². The zero-order chi connectivity index (χ0) is 25.5. The summed E-state index contributed by atoms with van der Waals surface area (Å²) in [6.07, 6.45) is 1.69. The van der Waals surface area contributed by atoms with Gasteiger partial charge >= 0.3 is 0 Å². The number of hydrogen-bond donors (Lipinski definition) is 0. The van der Waals surface area contributed by atoms with Gasteiger partial charge in [0.1, 0.15) is 16.9 Å². The summed E-state index contributed by atoms with van der Waals surface area (Å²) in [7, 11) is -4.14. The number of benzene rings is 2. The van der Waals surface area contributed by atoms with E-state index < -0.39 is 33.4 Å². The predicted octanol–water partition coefficient (Wildman–Crippen LogP) is 6.15. The first-order chi connectivity index (χ1) is 16.5. The number of ether oxygens (including phenoxy) is 1. The van der Waals surface area contributed by atoms with Gasteiger partial charge in [-0.15, -0.1) is 15.2 Å². The fourth-order valence-electron chi connectivity index (χ4n) is 3.46. The topological polar surface area (TPSA) is 89.5 Å². The number of aromatic nitrogens is 2. The third kappa shape index (κ3) is 5.11. The van der Waals surface area contributed by atoms with Crippen LogP contribution in [0.15, 0.2) is 48.7 Å². The zero-order valence-corrected chi connectivity index (χ0v) is 21.8. The van der Waals surface area contributed by atoms with Crippen LogP contribution in [0.4, 0.5) is 4.39 Å². The minimum absolute atomic E-state index is 0.0138. The number of sulfonamides is 1. The molecule has 0 N–H and O–H groups in total. The first kappa shape index (κ1) is 25.3. The Labute approximate surface area is 215 Å². The van der Waals surface area contributed by atoms with Crippen molar-refractivity contribution < 1.29 is 22.3 Å². The van der Waals surface area contributed by atoms with Gasteiger partial charge in [0, 0.05) is 34.1 Å². The maximum atomic E-state index is 14.9. The van der Waals surface area contributed by atoms with Crippen molar-refractivity contribution >= 4 is 60.9 Å². The number of rotatable bonds is 6. The summed E-state index contributed by atoms with van der Waals surface area (Å²) in [5, 5.41) is 1.23. The van der Waals surface area contributed by atoms with E-state index >= 15 is 0 Å². The van der Waals surface area contributed by atoms with Crippen LogP contribution in [0.3, 0.4) is 0 Å². The lowest BCUT2D eigenvalue weighted by atomic mass is 9.94. The minimum Gasteiger partial charge on any atom is -0.467 e. The molecule has 0 saturated heterocycles. The van der Waals surface area contributed by atoms with Crippen molar-refractivity contribution in [3.05, 3.63) is 75.6 Å². The maximum absolute atomic E-state index is 14.9. The lowest BCUT2D eigenvalue weighted by Crippen LogP contribution is -2.29. The molecule has 0 aliphatic carbocycles. The Morgan fingerprint density at radius 2 is 1.97 bits per heavy atom. The van der Waals surface area contributed by atoms with Gasteiger partial charge in [-0.1, -0.05) is 17.7 Å². The largest absolute Gasteiger partial charge is 0.467 e. The average Bonchev–Trinajstić information content (AvgIpc) is 3.23. The highest BCUT2D eigenvalue weighted by Crippen LogP contribution is 2.38. The van der Waals surface area contributed by atoms with E-state index in [9.17, 15) is 17.6 Å². The molecule has 4 rings (SSSR count). The van der Waals surface area contributed by atoms with E-state index in [1.807, 2.05) is 6.07 Å². The number of fused-ring (bicyclic) bond motifs is 1. The monoisotopic (exact) mass is 553 g/mol. The van der Waals surface area contributed by atoms with Crippen molar-refractivity contribution in [3.63, 3.8) is 0 Å².